The number of nitrogens with two attached hydrogens (primary N) is 1. The Kier molecular flexibility index (Phi) is 15.4. The molecule has 0 bridgehead atoms. The van der Waals surface area contributed by atoms with Crippen molar-refractivity contribution in [3.8, 4) is 23.0 Å². The predicted octanol–water partition coefficient (Wildman–Crippen LogP) is 11.9. The normalized spacial score (nSPS) is 26.0. The van der Waals surface area contributed by atoms with Gasteiger partial charge in [-0.2, -0.15) is 9.97 Å². The highest BCUT2D eigenvalue weighted by Gasteiger charge is 2.52. The number of aliphatic hydroxyl groups excluding tert-OH is 1. The van der Waals surface area contributed by atoms with Crippen LogP contribution in [0.1, 0.15) is 146 Å². The SMILES string of the molecule is CCc1c(F)ccc2cc(O[Si](C(C)C)(C(C)C)C(C)C)cc(-c3ncc4c(N5CCC[C@@](C)(O)C5)nc(OC[C@@]56CCCN5[C@H](CC(OC(N)=O)C5CCC(CO)CC5C(C)(C)C)CC6)nc4c3F)c12. The number of hydrogen-bond acceptors (Lipinski definition) is 11. The number of benzene rings is 2. The number of nitrogens with zero attached hydrogens (tertiary/aromatic N) is 5. The van der Waals surface area contributed by atoms with Gasteiger partial charge < -0.3 is 34.7 Å². The van der Waals surface area contributed by atoms with Gasteiger partial charge >= 0.3 is 12.1 Å². The molecule has 3 aliphatic heterocycles. The number of halogens is 2. The van der Waals surface area contributed by atoms with Gasteiger partial charge in [0.15, 0.2) is 5.82 Å². The van der Waals surface area contributed by atoms with Gasteiger partial charge in [0.1, 0.15) is 41.3 Å². The second kappa shape index (κ2) is 20.6. The molecule has 12 nitrogen and oxygen atoms in total. The molecule has 0 radical (unpaired) electrons. The summed E-state index contributed by atoms with van der Waals surface area (Å²) >= 11 is 0. The summed E-state index contributed by atoms with van der Waals surface area (Å²) in [5.41, 5.74) is 6.21. The van der Waals surface area contributed by atoms with Crippen LogP contribution in [0.5, 0.6) is 11.8 Å². The van der Waals surface area contributed by atoms with Crippen LogP contribution in [0.4, 0.5) is 19.4 Å². The van der Waals surface area contributed by atoms with Gasteiger partial charge in [0.2, 0.25) is 0 Å². The maximum absolute atomic E-state index is 18.0. The molecule has 0 spiro atoms. The largest absolute Gasteiger partial charge is 0.543 e. The van der Waals surface area contributed by atoms with E-state index in [1.807, 2.05) is 30.9 Å². The Labute approximate surface area is 422 Å². The number of ether oxygens (including phenoxy) is 2. The highest BCUT2D eigenvalue weighted by Crippen LogP contribution is 2.50. The monoisotopic (exact) mass is 1000 g/mol. The molecular weight excluding hydrogens is 919 g/mol. The molecule has 2 aromatic carbocycles. The van der Waals surface area contributed by atoms with Gasteiger partial charge in [-0.05, 0) is 152 Å². The molecule has 4 aromatic rings. The van der Waals surface area contributed by atoms with E-state index in [0.717, 1.165) is 56.9 Å². The standard InChI is InChI=1S/C56H82F2N6O6Si/c1-12-40-45(57)18-16-37-26-39(70-71(33(2)3,34(4)5)35(6)7)28-42(47(37)40)49-48(58)50-43(29-60-49)51(63-23-13-20-55(11,67)31-63)62-53(61-50)68-32-56-21-14-24-64(56)38(19-22-56)27-46(69-52(59)66)41-17-15-36(30-65)25-44(41)54(8,9)10/h16,18,26,28-29,33-36,38,41,44,46,65,67H,12-15,17,19-25,27,30-32H2,1-11H3,(H2,59,66)/t36?,38-,41?,44?,46?,55+,56-/m0/s1. The molecule has 7 atom stereocenters. The number of piperidine rings is 1. The minimum atomic E-state index is -2.47. The van der Waals surface area contributed by atoms with Crippen LogP contribution in [-0.2, 0) is 11.2 Å². The second-order valence-electron chi connectivity index (χ2n) is 24.1. The lowest BCUT2D eigenvalue weighted by atomic mass is 9.61. The van der Waals surface area contributed by atoms with Crippen molar-refractivity contribution in [2.75, 3.05) is 37.7 Å². The molecule has 1 aliphatic carbocycles. The second-order valence-corrected chi connectivity index (χ2v) is 29.5. The zero-order chi connectivity index (χ0) is 51.4. The molecular formula is C56H82F2N6O6Si. The van der Waals surface area contributed by atoms with Crippen molar-refractivity contribution < 1.29 is 37.7 Å². The van der Waals surface area contributed by atoms with E-state index in [4.69, 9.17) is 34.6 Å². The van der Waals surface area contributed by atoms with Crippen LogP contribution in [0.25, 0.3) is 32.9 Å². The highest BCUT2D eigenvalue weighted by atomic mass is 28.4. The van der Waals surface area contributed by atoms with Crippen molar-refractivity contribution in [2.24, 2.45) is 28.9 Å². The van der Waals surface area contributed by atoms with Crippen LogP contribution in [0.15, 0.2) is 30.5 Å². The average molecular weight is 1000 g/mol. The Morgan fingerprint density at radius 2 is 1.70 bits per heavy atom. The Hall–Kier alpha value is -4.18. The summed E-state index contributed by atoms with van der Waals surface area (Å²) in [6.07, 6.45) is 9.07. The Morgan fingerprint density at radius 1 is 0.986 bits per heavy atom. The van der Waals surface area contributed by atoms with E-state index in [1.165, 1.54) is 6.07 Å². The number of rotatable bonds is 16. The van der Waals surface area contributed by atoms with Crippen molar-refractivity contribution in [3.05, 3.63) is 47.7 Å². The van der Waals surface area contributed by atoms with Crippen LogP contribution in [-0.4, -0.2) is 101 Å². The molecule has 8 rings (SSSR count). The van der Waals surface area contributed by atoms with Gasteiger partial charge in [0, 0.05) is 43.9 Å². The molecule has 390 valence electrons. The van der Waals surface area contributed by atoms with Gasteiger partial charge in [0.25, 0.3) is 8.32 Å². The van der Waals surface area contributed by atoms with Crippen molar-refractivity contribution in [1.29, 1.82) is 0 Å². The molecule has 4 unspecified atom stereocenters. The third-order valence-electron chi connectivity index (χ3n) is 17.5. The number of carbonyl (C=O) groups is 1. The molecule has 4 aliphatic rings. The van der Waals surface area contributed by atoms with Crippen LogP contribution >= 0.6 is 0 Å². The number of aryl methyl sites for hydroxylation is 1. The topological polar surface area (TPSA) is 156 Å². The maximum atomic E-state index is 18.0. The first kappa shape index (κ1) is 53.1. The molecule has 1 saturated carbocycles. The highest BCUT2D eigenvalue weighted by molar-refractivity contribution is 6.78. The molecule has 2 aromatic heterocycles. The quantitative estimate of drug-likeness (QED) is 0.0918. The Morgan fingerprint density at radius 3 is 2.35 bits per heavy atom. The number of carbonyl (C=O) groups excluding carboxylic acids is 1. The van der Waals surface area contributed by atoms with Gasteiger partial charge in [0.05, 0.1) is 16.5 Å². The fourth-order valence-electron chi connectivity index (χ4n) is 14.2. The van der Waals surface area contributed by atoms with Gasteiger partial charge in [-0.3, -0.25) is 9.88 Å². The van der Waals surface area contributed by atoms with Crippen LogP contribution in [0.2, 0.25) is 16.6 Å². The minimum Gasteiger partial charge on any atom is -0.543 e. The maximum Gasteiger partial charge on any atom is 0.404 e. The third kappa shape index (κ3) is 10.4. The van der Waals surface area contributed by atoms with E-state index in [0.29, 0.717) is 65.7 Å². The summed E-state index contributed by atoms with van der Waals surface area (Å²) in [5, 5.41) is 23.2. The summed E-state index contributed by atoms with van der Waals surface area (Å²) in [4.78, 5) is 31.8. The van der Waals surface area contributed by atoms with Crippen LogP contribution in [0, 0.1) is 34.8 Å². The predicted molar refractivity (Wildman–Crippen MR) is 280 cm³/mol. The smallest absolute Gasteiger partial charge is 0.404 e. The average Bonchev–Trinajstić information content (AvgIpc) is 3.88. The number of hydrogen-bond donors (Lipinski definition) is 3. The lowest BCUT2D eigenvalue weighted by Gasteiger charge is -2.46. The van der Waals surface area contributed by atoms with Crippen molar-refractivity contribution in [3.63, 3.8) is 0 Å². The van der Waals surface area contributed by atoms with Crippen molar-refractivity contribution in [2.45, 2.75) is 187 Å². The van der Waals surface area contributed by atoms with E-state index in [1.54, 1.807) is 12.3 Å². The number of aliphatic hydroxyl groups is 2. The van der Waals surface area contributed by atoms with Crippen LogP contribution < -0.4 is 19.8 Å². The summed E-state index contributed by atoms with van der Waals surface area (Å²) in [6.45, 7) is 25.9. The summed E-state index contributed by atoms with van der Waals surface area (Å²) < 4.78 is 53.8. The summed E-state index contributed by atoms with van der Waals surface area (Å²) in [6, 6.07) is 7.19. The molecule has 4 fully saturated rings. The van der Waals surface area contributed by atoms with E-state index < -0.39 is 25.8 Å². The fraction of sp³-hybridized carbons (Fsp3) is 0.679. The number of amides is 1. The first-order chi connectivity index (χ1) is 33.5. The molecule has 15 heteroatoms. The number of primary amides is 1. The lowest BCUT2D eigenvalue weighted by molar-refractivity contribution is -0.0403. The molecule has 1 amide bonds. The molecule has 4 N–H and O–H groups in total. The van der Waals surface area contributed by atoms with E-state index >= 15 is 8.78 Å². The number of β-amino-alcohol motifs (C(OH)–C–C–N with tert-alkyl or cyclic N) is 1. The van der Waals surface area contributed by atoms with Gasteiger partial charge in [-0.1, -0.05) is 75.3 Å². The number of anilines is 1. The minimum absolute atomic E-state index is 0.0326. The Balaban J connectivity index is 1.18. The van der Waals surface area contributed by atoms with Gasteiger partial charge in [-0.25, -0.2) is 13.6 Å². The van der Waals surface area contributed by atoms with E-state index in [9.17, 15) is 15.0 Å². The zero-order valence-corrected chi connectivity index (χ0v) is 45.4. The van der Waals surface area contributed by atoms with Crippen molar-refractivity contribution >= 4 is 41.9 Å². The number of fused-ring (bicyclic) bond motifs is 3. The van der Waals surface area contributed by atoms with Crippen molar-refractivity contribution in [1.82, 2.24) is 19.9 Å². The third-order valence-corrected chi connectivity index (χ3v) is 23.5. The fourth-order valence-corrected chi connectivity index (χ4v) is 19.5. The summed E-state index contributed by atoms with van der Waals surface area (Å²) in [7, 11) is -2.47. The van der Waals surface area contributed by atoms with E-state index in [2.05, 4.69) is 67.2 Å². The van der Waals surface area contributed by atoms with Crippen LogP contribution in [0.3, 0.4) is 0 Å². The van der Waals surface area contributed by atoms with Gasteiger partial charge in [-0.15, -0.1) is 0 Å². The molecule has 5 heterocycles. The zero-order valence-electron chi connectivity index (χ0n) is 44.4. The molecule has 71 heavy (non-hydrogen) atoms. The lowest BCUT2D eigenvalue weighted by Crippen LogP contribution is -2.50. The summed E-state index contributed by atoms with van der Waals surface area (Å²) in [5.74, 6) is 0.598. The first-order valence-electron chi connectivity index (χ1n) is 26.8. The Bertz CT molecular complexity index is 2550. The number of pyridine rings is 1. The molecule has 3 saturated heterocycles. The first-order valence-corrected chi connectivity index (χ1v) is 28.9. The van der Waals surface area contributed by atoms with E-state index in [-0.39, 0.29) is 100 Å². The number of aromatic nitrogens is 3.